The van der Waals surface area contributed by atoms with Crippen LogP contribution in [0.4, 0.5) is 0 Å². The highest BCUT2D eigenvalue weighted by Gasteiger charge is 2.23. The molecular weight excluding hydrogens is 282 g/mol. The topological polar surface area (TPSA) is 35.2 Å². The lowest BCUT2D eigenvalue weighted by Crippen LogP contribution is -2.30. The first-order valence-electron chi connectivity index (χ1n) is 7.36. The third-order valence-electron chi connectivity index (χ3n) is 4.16. The molecule has 21 heavy (non-hydrogen) atoms. The van der Waals surface area contributed by atoms with Crippen molar-refractivity contribution in [2.75, 3.05) is 6.54 Å². The number of hydrogen-bond acceptors (Lipinski definition) is 2. The Morgan fingerprint density at radius 1 is 1.24 bits per heavy atom. The molecular formula is C18H20ClNO. The maximum absolute atomic E-state index is 6.33. The highest BCUT2D eigenvalue weighted by molar-refractivity contribution is 6.31. The Morgan fingerprint density at radius 3 is 2.62 bits per heavy atom. The first kappa shape index (κ1) is 14.4. The molecule has 0 radical (unpaired) electrons. The Morgan fingerprint density at radius 2 is 1.95 bits per heavy atom. The summed E-state index contributed by atoms with van der Waals surface area (Å²) in [5.74, 6) is 0.957. The molecule has 0 amide bonds. The first-order valence-corrected chi connectivity index (χ1v) is 7.73. The van der Waals surface area contributed by atoms with Crippen molar-refractivity contribution in [2.45, 2.75) is 32.8 Å². The smallest absolute Gasteiger partial charge is 0.130 e. The molecule has 0 bridgehead atoms. The van der Waals surface area contributed by atoms with E-state index in [4.69, 9.17) is 22.1 Å². The number of benzene rings is 2. The van der Waals surface area contributed by atoms with Crippen LogP contribution in [0.1, 0.15) is 23.1 Å². The largest absolute Gasteiger partial charge is 0.488 e. The summed E-state index contributed by atoms with van der Waals surface area (Å²) in [6.07, 6.45) is 2.02. The SMILES string of the molecule is Cc1cccc(C)c1-c1cc(Cl)cc2c1O[C@@H](CN)CC2. The maximum atomic E-state index is 6.33. The van der Waals surface area contributed by atoms with Gasteiger partial charge in [0.15, 0.2) is 0 Å². The van der Waals surface area contributed by atoms with Gasteiger partial charge in [0.2, 0.25) is 0 Å². The van der Waals surface area contributed by atoms with E-state index >= 15 is 0 Å². The molecule has 2 nitrogen and oxygen atoms in total. The minimum atomic E-state index is 0.0988. The van der Waals surface area contributed by atoms with Crippen LogP contribution in [0.2, 0.25) is 5.02 Å². The standard InChI is InChI=1S/C18H20ClNO/c1-11-4-3-5-12(2)17(11)16-9-14(19)8-13-6-7-15(10-20)21-18(13)16/h3-5,8-9,15H,6-7,10,20H2,1-2H3/t15-/m1/s1. The Hall–Kier alpha value is -1.51. The summed E-state index contributed by atoms with van der Waals surface area (Å²) in [4.78, 5) is 0. The number of aryl methyl sites for hydroxylation is 3. The van der Waals surface area contributed by atoms with Gasteiger partial charge < -0.3 is 10.5 Å². The van der Waals surface area contributed by atoms with Crippen molar-refractivity contribution < 1.29 is 4.74 Å². The van der Waals surface area contributed by atoms with Gasteiger partial charge in [-0.05, 0) is 61.1 Å². The van der Waals surface area contributed by atoms with Crippen molar-refractivity contribution in [3.05, 3.63) is 52.0 Å². The van der Waals surface area contributed by atoms with Crippen molar-refractivity contribution in [1.29, 1.82) is 0 Å². The lowest BCUT2D eigenvalue weighted by atomic mass is 9.91. The molecule has 0 saturated heterocycles. The zero-order chi connectivity index (χ0) is 15.0. The zero-order valence-electron chi connectivity index (χ0n) is 12.4. The van der Waals surface area contributed by atoms with E-state index in [0.717, 1.165) is 29.2 Å². The van der Waals surface area contributed by atoms with E-state index in [-0.39, 0.29) is 6.10 Å². The second kappa shape index (κ2) is 5.70. The van der Waals surface area contributed by atoms with Gasteiger partial charge in [-0.1, -0.05) is 29.8 Å². The van der Waals surface area contributed by atoms with Gasteiger partial charge in [-0.2, -0.15) is 0 Å². The summed E-state index contributed by atoms with van der Waals surface area (Å²) in [6, 6.07) is 10.3. The fraction of sp³-hybridized carbons (Fsp3) is 0.333. The van der Waals surface area contributed by atoms with E-state index in [1.54, 1.807) is 0 Å². The van der Waals surface area contributed by atoms with Gasteiger partial charge in [0.05, 0.1) is 0 Å². The Bertz CT molecular complexity index is 661. The van der Waals surface area contributed by atoms with Crippen LogP contribution >= 0.6 is 11.6 Å². The second-order valence-corrected chi connectivity index (χ2v) is 6.16. The third-order valence-corrected chi connectivity index (χ3v) is 4.38. The van der Waals surface area contributed by atoms with Crippen molar-refractivity contribution in [3.8, 4) is 16.9 Å². The minimum Gasteiger partial charge on any atom is -0.488 e. The molecule has 1 atom stereocenters. The molecule has 0 aliphatic carbocycles. The lowest BCUT2D eigenvalue weighted by Gasteiger charge is -2.28. The summed E-state index contributed by atoms with van der Waals surface area (Å²) in [5, 5.41) is 0.765. The molecule has 3 rings (SSSR count). The molecule has 0 fully saturated rings. The van der Waals surface area contributed by atoms with Crippen LogP contribution < -0.4 is 10.5 Å². The molecule has 1 aliphatic rings. The summed E-state index contributed by atoms with van der Waals surface area (Å²) in [6.45, 7) is 4.80. The monoisotopic (exact) mass is 301 g/mol. The van der Waals surface area contributed by atoms with Gasteiger partial charge in [-0.15, -0.1) is 0 Å². The molecule has 2 aromatic carbocycles. The van der Waals surface area contributed by atoms with E-state index < -0.39 is 0 Å². The summed E-state index contributed by atoms with van der Waals surface area (Å²) >= 11 is 6.33. The van der Waals surface area contributed by atoms with Gasteiger partial charge >= 0.3 is 0 Å². The predicted molar refractivity (Wildman–Crippen MR) is 88.2 cm³/mol. The predicted octanol–water partition coefficient (Wildman–Crippen LogP) is 4.28. The first-order chi connectivity index (χ1) is 10.1. The van der Waals surface area contributed by atoms with Gasteiger partial charge in [-0.25, -0.2) is 0 Å². The lowest BCUT2D eigenvalue weighted by molar-refractivity contribution is 0.182. The number of nitrogens with two attached hydrogens (primary N) is 1. The molecule has 110 valence electrons. The van der Waals surface area contributed by atoms with Crippen LogP contribution in [-0.4, -0.2) is 12.6 Å². The van der Waals surface area contributed by atoms with E-state index in [1.165, 1.54) is 22.3 Å². The molecule has 2 aromatic rings. The molecule has 0 aromatic heterocycles. The van der Waals surface area contributed by atoms with E-state index in [0.29, 0.717) is 6.54 Å². The van der Waals surface area contributed by atoms with Crippen LogP contribution in [0.3, 0.4) is 0 Å². The minimum absolute atomic E-state index is 0.0988. The van der Waals surface area contributed by atoms with Gasteiger partial charge in [0.1, 0.15) is 11.9 Å². The Labute approximate surface area is 130 Å². The average molecular weight is 302 g/mol. The van der Waals surface area contributed by atoms with Gasteiger partial charge in [0.25, 0.3) is 0 Å². The van der Waals surface area contributed by atoms with Gasteiger partial charge in [0, 0.05) is 17.1 Å². The number of hydrogen-bond donors (Lipinski definition) is 1. The van der Waals surface area contributed by atoms with Crippen LogP contribution in [0.5, 0.6) is 5.75 Å². The third kappa shape index (κ3) is 2.66. The van der Waals surface area contributed by atoms with Crippen LogP contribution in [0, 0.1) is 13.8 Å². The average Bonchev–Trinajstić information content (AvgIpc) is 2.46. The molecule has 0 saturated carbocycles. The zero-order valence-corrected chi connectivity index (χ0v) is 13.2. The molecule has 3 heteroatoms. The number of fused-ring (bicyclic) bond motifs is 1. The Kier molecular flexibility index (Phi) is 3.92. The van der Waals surface area contributed by atoms with Crippen molar-refractivity contribution in [3.63, 3.8) is 0 Å². The molecule has 1 aliphatic heterocycles. The maximum Gasteiger partial charge on any atom is 0.130 e. The number of ether oxygens (including phenoxy) is 1. The second-order valence-electron chi connectivity index (χ2n) is 5.72. The summed E-state index contributed by atoms with van der Waals surface area (Å²) < 4.78 is 6.15. The number of rotatable bonds is 2. The summed E-state index contributed by atoms with van der Waals surface area (Å²) in [7, 11) is 0. The van der Waals surface area contributed by atoms with Crippen molar-refractivity contribution in [2.24, 2.45) is 5.73 Å². The van der Waals surface area contributed by atoms with Crippen LogP contribution in [0.25, 0.3) is 11.1 Å². The van der Waals surface area contributed by atoms with Crippen LogP contribution in [-0.2, 0) is 6.42 Å². The Balaban J connectivity index is 2.21. The van der Waals surface area contributed by atoms with E-state index in [9.17, 15) is 0 Å². The molecule has 1 heterocycles. The van der Waals surface area contributed by atoms with E-state index in [1.807, 2.05) is 12.1 Å². The fourth-order valence-electron chi connectivity index (χ4n) is 3.11. The highest BCUT2D eigenvalue weighted by atomic mass is 35.5. The van der Waals surface area contributed by atoms with Crippen LogP contribution in [0.15, 0.2) is 30.3 Å². The quantitative estimate of drug-likeness (QED) is 0.898. The summed E-state index contributed by atoms with van der Waals surface area (Å²) in [5.41, 5.74) is 11.7. The van der Waals surface area contributed by atoms with Crippen molar-refractivity contribution >= 4 is 11.6 Å². The van der Waals surface area contributed by atoms with Crippen molar-refractivity contribution in [1.82, 2.24) is 0 Å². The fourth-order valence-corrected chi connectivity index (χ4v) is 3.35. The molecule has 2 N–H and O–H groups in total. The van der Waals surface area contributed by atoms with Gasteiger partial charge in [-0.3, -0.25) is 0 Å². The van der Waals surface area contributed by atoms with E-state index in [2.05, 4.69) is 32.0 Å². The normalized spacial score (nSPS) is 17.2. The highest BCUT2D eigenvalue weighted by Crippen LogP contribution is 2.42. The molecule has 0 unspecified atom stereocenters. The molecule has 0 spiro atoms. The number of halogens is 1.